The van der Waals surface area contributed by atoms with E-state index in [1.54, 1.807) is 211 Å². The summed E-state index contributed by atoms with van der Waals surface area (Å²) in [6.45, 7) is 10.1. The number of hydrogen-bond donors (Lipinski definition) is 9. The SMILES string of the molecule is CC(C(=O)O)c1ccc(C(=O)Nc2ccccc2)cc1.CC(C(=O)O)c1ccc(C(=O)O)cc1.COC(=O)C(C)c1ccc(C(=O)Cl)cc1.COC(=O)C(C)c1ccc(C(=O)Nc2ccccc2)cc1.COC(=O)C(C)c1ccc(C(=O)O)cc1.COC(=O)c1ccc(C(C)C(=O)OC)cc1.COC(=O)c1ccc(I)cc1.Nc1ccc(C(=O)O)cc1.O=C(O)c1ccc(I)cc1. The van der Waals surface area contributed by atoms with Gasteiger partial charge in [0.1, 0.15) is 0 Å². The molecular formula is C99H98ClI2N3O27. The van der Waals surface area contributed by atoms with E-state index in [1.165, 1.54) is 91.2 Å². The summed E-state index contributed by atoms with van der Waals surface area (Å²) < 4.78 is 29.8. The van der Waals surface area contributed by atoms with Crippen molar-refractivity contribution in [3.8, 4) is 0 Å². The third-order valence-electron chi connectivity index (χ3n) is 18.7. The number of carbonyl (C=O) groups excluding carboxylic acids is 9. The largest absolute Gasteiger partial charge is 0.481 e. The fraction of sp³-hybridized carbons (Fsp3) is 0.182. The molecule has 0 spiro atoms. The lowest BCUT2D eigenvalue weighted by molar-refractivity contribution is -0.142. The molecule has 6 atom stereocenters. The molecule has 30 nitrogen and oxygen atoms in total. The van der Waals surface area contributed by atoms with Gasteiger partial charge in [-0.3, -0.25) is 43.2 Å². The molecule has 0 bridgehead atoms. The Bertz CT molecular complexity index is 5490. The average molecular weight is 2050 g/mol. The first-order valence-corrected chi connectivity index (χ1v) is 41.9. The standard InChI is InChI=1S/C17H17NO3.C16H15NO3.C12H14O4.C11H11ClO3.C11H12O4.C10H10O4.C8H7IO2.C7H5IO2.C7H7NO2/c1-12(17(20)21-2)13-8-10-14(11-9-13)16(19)18-15-6-4-3-5-7-15;1-11(16(19)20)12-7-9-13(10-8-12)15(18)17-14-5-3-2-4-6-14;1-8(11(13)15-2)9-4-6-10(7-5-9)12(14)16-3;2*1-7(11(14)15-2)8-3-5-9(6-4-8)10(12)13;1-6(9(11)12)7-2-4-8(5-3-7)10(13)14;1-11-8(10)6-2-4-7(9)5-3-6;2*8-6-3-1-5(2-4-6)7(9)10/h3-12H,1-2H3,(H,18,19);2-11H,1H3,(H,17,18)(H,19,20);4-8H,1-3H3;3-7H,1-2H3;3-7H,1-2H3,(H,12,13);2-6H,1H3,(H,11,12)(H,13,14);2-5H,1H3;1-4H,(H,9,10);1-4H,8H2,(H,9,10). The number of aromatic carboxylic acids is 4. The maximum Gasteiger partial charge on any atom is 0.337 e. The molecule has 0 aliphatic rings. The Labute approximate surface area is 793 Å². The second kappa shape index (κ2) is 58.6. The van der Waals surface area contributed by atoms with Crippen molar-refractivity contribution < 1.29 is 131 Å². The number of anilines is 3. The minimum atomic E-state index is -1.01. The zero-order chi connectivity index (χ0) is 98.9. The van der Waals surface area contributed by atoms with Crippen molar-refractivity contribution in [2.75, 3.05) is 59.0 Å². The van der Waals surface area contributed by atoms with E-state index in [9.17, 15) is 71.9 Å². The summed E-state index contributed by atoms with van der Waals surface area (Å²) in [5, 5.41) is 56.9. The molecule has 0 radical (unpaired) electrons. The van der Waals surface area contributed by atoms with Gasteiger partial charge < -0.3 is 75.4 Å². The molecule has 0 saturated heterocycles. The number of carboxylic acid groups (broad SMARTS) is 6. The van der Waals surface area contributed by atoms with Crippen LogP contribution in [-0.4, -0.2) is 162 Å². The van der Waals surface area contributed by atoms with Gasteiger partial charge in [-0.2, -0.15) is 0 Å². The van der Waals surface area contributed by atoms with E-state index in [2.05, 4.69) is 79.5 Å². The molecule has 692 valence electrons. The zero-order valence-electron chi connectivity index (χ0n) is 73.5. The molecule has 132 heavy (non-hydrogen) atoms. The quantitative estimate of drug-likeness (QED) is 0.00944. The number of esters is 6. The van der Waals surface area contributed by atoms with E-state index in [1.807, 2.05) is 60.7 Å². The molecule has 0 aliphatic heterocycles. The van der Waals surface area contributed by atoms with Crippen molar-refractivity contribution in [3.05, 3.63) is 370 Å². The second-order valence-corrected chi connectivity index (χ2v) is 30.4. The van der Waals surface area contributed by atoms with Crippen molar-refractivity contribution in [2.24, 2.45) is 0 Å². The highest BCUT2D eigenvalue weighted by atomic mass is 127. The molecule has 6 unspecified atom stereocenters. The highest BCUT2D eigenvalue weighted by molar-refractivity contribution is 14.1. The molecule has 11 rings (SSSR count). The number of nitrogens with two attached hydrogens (primary N) is 1. The number of carboxylic acids is 6. The number of amides is 2. The molecule has 10 N–H and O–H groups in total. The third-order valence-corrected chi connectivity index (χ3v) is 20.3. The van der Waals surface area contributed by atoms with E-state index in [-0.39, 0.29) is 82.0 Å². The van der Waals surface area contributed by atoms with Crippen molar-refractivity contribution in [1.82, 2.24) is 0 Å². The number of carbonyl (C=O) groups is 15. The summed E-state index contributed by atoms with van der Waals surface area (Å²) in [4.78, 5) is 165. The van der Waals surface area contributed by atoms with Gasteiger partial charge in [0.2, 0.25) is 0 Å². The van der Waals surface area contributed by atoms with Gasteiger partial charge in [-0.15, -0.1) is 0 Å². The van der Waals surface area contributed by atoms with Gasteiger partial charge in [-0.1, -0.05) is 109 Å². The summed E-state index contributed by atoms with van der Waals surface area (Å²) >= 11 is 9.60. The van der Waals surface area contributed by atoms with Gasteiger partial charge in [0.05, 0.1) is 112 Å². The number of nitrogens with one attached hydrogen (secondary N) is 2. The molecule has 33 heteroatoms. The van der Waals surface area contributed by atoms with Crippen LogP contribution >= 0.6 is 56.8 Å². The Hall–Kier alpha value is -14.8. The molecule has 0 heterocycles. The molecule has 0 saturated carbocycles. The number of para-hydroxylation sites is 2. The number of ether oxygens (including phenoxy) is 6. The molecule has 11 aromatic carbocycles. The predicted molar refractivity (Wildman–Crippen MR) is 511 cm³/mol. The van der Waals surface area contributed by atoms with Crippen LogP contribution in [0.5, 0.6) is 0 Å². The van der Waals surface area contributed by atoms with Crippen molar-refractivity contribution in [3.63, 3.8) is 0 Å². The number of benzene rings is 11. The van der Waals surface area contributed by atoms with Crippen LogP contribution < -0.4 is 16.4 Å². The van der Waals surface area contributed by atoms with E-state index in [0.717, 1.165) is 40.8 Å². The van der Waals surface area contributed by atoms with Crippen LogP contribution in [-0.2, 0) is 57.2 Å². The van der Waals surface area contributed by atoms with Crippen molar-refractivity contribution in [1.29, 1.82) is 0 Å². The summed E-state index contributed by atoms with van der Waals surface area (Å²) in [7, 11) is 8.08. The number of hydrogen-bond acceptors (Lipinski definition) is 22. The maximum absolute atomic E-state index is 12.1. The van der Waals surface area contributed by atoms with E-state index in [0.29, 0.717) is 50.2 Å². The molecule has 11 aromatic rings. The van der Waals surface area contributed by atoms with Crippen molar-refractivity contribution >= 4 is 163 Å². The van der Waals surface area contributed by atoms with Crippen LogP contribution in [0.25, 0.3) is 0 Å². The predicted octanol–water partition coefficient (Wildman–Crippen LogP) is 18.7. The van der Waals surface area contributed by atoms with Crippen LogP contribution in [0.3, 0.4) is 0 Å². The van der Waals surface area contributed by atoms with Crippen LogP contribution in [0.2, 0.25) is 0 Å². The topological polar surface area (TPSA) is 483 Å². The van der Waals surface area contributed by atoms with E-state index in [4.69, 9.17) is 52.7 Å². The van der Waals surface area contributed by atoms with Gasteiger partial charge in [0.25, 0.3) is 17.1 Å². The Kier molecular flexibility index (Phi) is 49.5. The van der Waals surface area contributed by atoms with Crippen LogP contribution in [0.4, 0.5) is 17.1 Å². The lowest BCUT2D eigenvalue weighted by Crippen LogP contribution is -2.13. The summed E-state index contributed by atoms with van der Waals surface area (Å²) in [5.41, 5.74) is 15.3. The lowest BCUT2D eigenvalue weighted by atomic mass is 10.00. The molecular weight excluding hydrogens is 1950 g/mol. The minimum absolute atomic E-state index is 0.159. The van der Waals surface area contributed by atoms with Gasteiger partial charge >= 0.3 is 71.6 Å². The summed E-state index contributed by atoms with van der Waals surface area (Å²) in [6.07, 6.45) is 0. The third kappa shape index (κ3) is 39.4. The first-order chi connectivity index (χ1) is 62.6. The molecule has 0 fully saturated rings. The van der Waals surface area contributed by atoms with Crippen LogP contribution in [0.1, 0.15) is 204 Å². The second-order valence-electron chi connectivity index (χ2n) is 27.6. The molecule has 0 aromatic heterocycles. The summed E-state index contributed by atoms with van der Waals surface area (Å²) in [5.74, 6) is -10.5. The Morgan fingerprint density at radius 2 is 0.462 bits per heavy atom. The first kappa shape index (κ1) is 111. The Morgan fingerprint density at radius 3 is 0.674 bits per heavy atom. The van der Waals surface area contributed by atoms with E-state index < -0.39 is 58.9 Å². The highest BCUT2D eigenvalue weighted by Gasteiger charge is 2.22. The van der Waals surface area contributed by atoms with Gasteiger partial charge in [-0.05, 0) is 302 Å². The fourth-order valence-electron chi connectivity index (χ4n) is 10.5. The minimum Gasteiger partial charge on any atom is -0.481 e. The monoisotopic (exact) mass is 2050 g/mol. The molecule has 0 aliphatic carbocycles. The molecule has 2 amide bonds. The zero-order valence-corrected chi connectivity index (χ0v) is 78.6. The lowest BCUT2D eigenvalue weighted by Gasteiger charge is -2.10. The van der Waals surface area contributed by atoms with Gasteiger partial charge in [-0.25, -0.2) is 28.8 Å². The maximum atomic E-state index is 12.1. The smallest absolute Gasteiger partial charge is 0.337 e. The number of methoxy groups -OCH3 is 6. The summed E-state index contributed by atoms with van der Waals surface area (Å²) in [6, 6.07) is 77.2. The normalized spacial score (nSPS) is 11.2. The Balaban J connectivity index is 0.000000386. The van der Waals surface area contributed by atoms with Gasteiger partial charge in [0, 0.05) is 40.9 Å². The Morgan fingerprint density at radius 1 is 0.265 bits per heavy atom. The number of nitrogen functional groups attached to an aromatic ring is 1. The van der Waals surface area contributed by atoms with Crippen molar-refractivity contribution in [2.45, 2.75) is 77.0 Å². The van der Waals surface area contributed by atoms with Crippen LogP contribution in [0.15, 0.2) is 279 Å². The highest BCUT2D eigenvalue weighted by Crippen LogP contribution is 2.25. The number of aliphatic carboxylic acids is 2. The number of halogens is 3. The van der Waals surface area contributed by atoms with E-state index >= 15 is 0 Å². The first-order valence-electron chi connectivity index (χ1n) is 39.3. The van der Waals surface area contributed by atoms with Gasteiger partial charge in [0.15, 0.2) is 0 Å². The van der Waals surface area contributed by atoms with Crippen LogP contribution in [0, 0.1) is 7.14 Å². The fourth-order valence-corrected chi connectivity index (χ4v) is 11.4. The average Bonchev–Trinajstić information content (AvgIpc) is 0.765. The number of rotatable bonds is 23.